The summed E-state index contributed by atoms with van der Waals surface area (Å²) in [6.45, 7) is 6.70. The molecule has 2 N–H and O–H groups in total. The van der Waals surface area contributed by atoms with Crippen LogP contribution in [0.15, 0.2) is 77.3 Å². The first kappa shape index (κ1) is 22.6. The standard InChI is InChI=1S/C26H31NO4/c1-4-18(2)11-7-5-8-12-20-15-19(3)25(31-17-20)23-24(28)22(16-27(30)26(23)29)21-13-9-6-10-14-21/h5-14,16,18-19,25,28,30H,4,15,17H2,1-3H3. The van der Waals surface area contributed by atoms with Crippen molar-refractivity contribution in [1.29, 1.82) is 0 Å². The number of ether oxygens (including phenoxy) is 1. The predicted molar refractivity (Wildman–Crippen MR) is 123 cm³/mol. The summed E-state index contributed by atoms with van der Waals surface area (Å²) in [7, 11) is 0. The molecule has 0 spiro atoms. The van der Waals surface area contributed by atoms with Crippen molar-refractivity contribution in [3.8, 4) is 16.9 Å². The van der Waals surface area contributed by atoms with E-state index in [9.17, 15) is 15.1 Å². The normalized spacial score (nSPS) is 21.8. The Morgan fingerprint density at radius 2 is 1.97 bits per heavy atom. The van der Waals surface area contributed by atoms with Crippen LogP contribution in [-0.2, 0) is 4.74 Å². The molecule has 2 aromatic rings. The summed E-state index contributed by atoms with van der Waals surface area (Å²) in [4.78, 5) is 12.7. The maximum absolute atomic E-state index is 12.7. The molecule has 1 aliphatic heterocycles. The zero-order valence-corrected chi connectivity index (χ0v) is 18.4. The molecule has 1 aliphatic rings. The van der Waals surface area contributed by atoms with Crippen LogP contribution in [0.1, 0.15) is 45.3 Å². The van der Waals surface area contributed by atoms with E-state index in [0.29, 0.717) is 28.4 Å². The summed E-state index contributed by atoms with van der Waals surface area (Å²) in [6.07, 6.45) is 12.8. The highest BCUT2D eigenvalue weighted by Gasteiger charge is 2.32. The van der Waals surface area contributed by atoms with Gasteiger partial charge in [0.25, 0.3) is 5.56 Å². The van der Waals surface area contributed by atoms with Gasteiger partial charge in [-0.25, -0.2) is 0 Å². The van der Waals surface area contributed by atoms with Crippen LogP contribution < -0.4 is 5.56 Å². The molecule has 31 heavy (non-hydrogen) atoms. The van der Waals surface area contributed by atoms with Crippen LogP contribution in [0.2, 0.25) is 0 Å². The topological polar surface area (TPSA) is 71.7 Å². The van der Waals surface area contributed by atoms with Gasteiger partial charge in [0, 0.05) is 5.56 Å². The van der Waals surface area contributed by atoms with E-state index in [1.54, 1.807) is 0 Å². The van der Waals surface area contributed by atoms with Crippen LogP contribution in [0.4, 0.5) is 0 Å². The molecule has 3 rings (SSSR count). The molecule has 5 nitrogen and oxygen atoms in total. The van der Waals surface area contributed by atoms with E-state index in [-0.39, 0.29) is 17.2 Å². The van der Waals surface area contributed by atoms with Crippen LogP contribution in [0.3, 0.4) is 0 Å². The SMILES string of the molecule is CCC(C)C=CC=CC=C1COC(c2c(O)c(-c3ccccc3)cn(O)c2=O)C(C)C1. The van der Waals surface area contributed by atoms with Gasteiger partial charge in [0.15, 0.2) is 0 Å². The van der Waals surface area contributed by atoms with Crippen molar-refractivity contribution in [1.82, 2.24) is 4.73 Å². The van der Waals surface area contributed by atoms with Crippen molar-refractivity contribution >= 4 is 0 Å². The maximum Gasteiger partial charge on any atom is 0.292 e. The van der Waals surface area contributed by atoms with Crippen molar-refractivity contribution < 1.29 is 15.1 Å². The van der Waals surface area contributed by atoms with E-state index >= 15 is 0 Å². The number of nitrogens with zero attached hydrogens (tertiary/aromatic N) is 1. The van der Waals surface area contributed by atoms with Gasteiger partial charge in [-0.1, -0.05) is 87.9 Å². The molecule has 1 aromatic carbocycles. The van der Waals surface area contributed by atoms with Gasteiger partial charge in [0.1, 0.15) is 5.75 Å². The molecule has 164 valence electrons. The fraction of sp³-hybridized carbons (Fsp3) is 0.346. The van der Waals surface area contributed by atoms with Gasteiger partial charge in [-0.05, 0) is 29.4 Å². The average Bonchev–Trinajstić information content (AvgIpc) is 2.77. The Morgan fingerprint density at radius 3 is 2.65 bits per heavy atom. The summed E-state index contributed by atoms with van der Waals surface area (Å²) >= 11 is 0. The molecule has 2 heterocycles. The number of hydrogen-bond acceptors (Lipinski definition) is 4. The lowest BCUT2D eigenvalue weighted by Crippen LogP contribution is -2.31. The second kappa shape index (κ2) is 10.3. The van der Waals surface area contributed by atoms with E-state index in [4.69, 9.17) is 4.74 Å². The van der Waals surface area contributed by atoms with E-state index in [1.807, 2.05) is 55.5 Å². The minimum Gasteiger partial charge on any atom is -0.507 e. The largest absolute Gasteiger partial charge is 0.507 e. The number of benzene rings is 1. The van der Waals surface area contributed by atoms with Gasteiger partial charge in [0.2, 0.25) is 0 Å². The number of rotatable bonds is 6. The molecule has 0 amide bonds. The highest BCUT2D eigenvalue weighted by Crippen LogP contribution is 2.40. The molecule has 0 aliphatic carbocycles. The Hall–Kier alpha value is -3.05. The van der Waals surface area contributed by atoms with E-state index in [1.165, 1.54) is 6.20 Å². The highest BCUT2D eigenvalue weighted by atomic mass is 16.5. The number of pyridine rings is 1. The zero-order valence-electron chi connectivity index (χ0n) is 18.4. The lowest BCUT2D eigenvalue weighted by molar-refractivity contribution is 0.000711. The molecule has 0 saturated carbocycles. The number of allylic oxidation sites excluding steroid dienone is 5. The molecular weight excluding hydrogens is 390 g/mol. The molecule has 3 unspecified atom stereocenters. The fourth-order valence-electron chi connectivity index (χ4n) is 3.77. The minimum atomic E-state index is -0.656. The monoisotopic (exact) mass is 421 g/mol. The molecular formula is C26H31NO4. The van der Waals surface area contributed by atoms with Gasteiger partial charge in [0.05, 0.1) is 24.5 Å². The third kappa shape index (κ3) is 5.36. The third-order valence-electron chi connectivity index (χ3n) is 5.76. The highest BCUT2D eigenvalue weighted by molar-refractivity contribution is 5.70. The first-order chi connectivity index (χ1) is 14.9. The number of aromatic hydroxyl groups is 1. The van der Waals surface area contributed by atoms with Gasteiger partial charge in [-0.15, -0.1) is 0 Å². The summed E-state index contributed by atoms with van der Waals surface area (Å²) < 4.78 is 6.54. The Balaban J connectivity index is 1.81. The van der Waals surface area contributed by atoms with Crippen molar-refractivity contribution in [2.24, 2.45) is 11.8 Å². The van der Waals surface area contributed by atoms with Gasteiger partial charge < -0.3 is 15.1 Å². The zero-order chi connectivity index (χ0) is 22.4. The van der Waals surface area contributed by atoms with Gasteiger partial charge in [-0.2, -0.15) is 4.73 Å². The second-order valence-electron chi connectivity index (χ2n) is 8.21. The van der Waals surface area contributed by atoms with E-state index in [0.717, 1.165) is 18.4 Å². The van der Waals surface area contributed by atoms with E-state index in [2.05, 4.69) is 26.0 Å². The molecule has 5 heteroatoms. The number of aromatic nitrogens is 1. The maximum atomic E-state index is 12.7. The smallest absolute Gasteiger partial charge is 0.292 e. The molecule has 1 fully saturated rings. The second-order valence-corrected chi connectivity index (χ2v) is 8.21. The fourth-order valence-corrected chi connectivity index (χ4v) is 3.77. The van der Waals surface area contributed by atoms with Gasteiger partial charge >= 0.3 is 0 Å². The van der Waals surface area contributed by atoms with Crippen molar-refractivity contribution in [3.05, 3.63) is 88.4 Å². The Bertz CT molecular complexity index is 1030. The van der Waals surface area contributed by atoms with Crippen molar-refractivity contribution in [2.45, 2.75) is 39.7 Å². The molecule has 1 aromatic heterocycles. The van der Waals surface area contributed by atoms with Crippen LogP contribution >= 0.6 is 0 Å². The summed E-state index contributed by atoms with van der Waals surface area (Å²) in [5, 5.41) is 21.1. The van der Waals surface area contributed by atoms with Crippen LogP contribution in [-0.4, -0.2) is 21.7 Å². The van der Waals surface area contributed by atoms with Gasteiger partial charge in [-0.3, -0.25) is 4.79 Å². The summed E-state index contributed by atoms with van der Waals surface area (Å²) in [6, 6.07) is 9.17. The molecule has 3 atom stereocenters. The first-order valence-electron chi connectivity index (χ1n) is 10.8. The van der Waals surface area contributed by atoms with Crippen LogP contribution in [0.5, 0.6) is 5.75 Å². The summed E-state index contributed by atoms with van der Waals surface area (Å²) in [5.41, 5.74) is 1.67. The molecule has 0 bridgehead atoms. The molecule has 0 radical (unpaired) electrons. The lowest BCUT2D eigenvalue weighted by atomic mass is 9.87. The first-order valence-corrected chi connectivity index (χ1v) is 10.8. The average molecular weight is 422 g/mol. The quantitative estimate of drug-likeness (QED) is 0.468. The lowest BCUT2D eigenvalue weighted by Gasteiger charge is -2.31. The van der Waals surface area contributed by atoms with Crippen molar-refractivity contribution in [2.75, 3.05) is 6.61 Å². The Morgan fingerprint density at radius 1 is 1.23 bits per heavy atom. The predicted octanol–water partition coefficient (Wildman–Crippen LogP) is 5.64. The van der Waals surface area contributed by atoms with E-state index < -0.39 is 11.7 Å². The van der Waals surface area contributed by atoms with Crippen LogP contribution in [0, 0.1) is 11.8 Å². The Labute approximate surface area is 183 Å². The third-order valence-corrected chi connectivity index (χ3v) is 5.76. The summed E-state index contributed by atoms with van der Waals surface area (Å²) in [5.74, 6) is 0.389. The Kier molecular flexibility index (Phi) is 7.53. The molecule has 1 saturated heterocycles. The van der Waals surface area contributed by atoms with Crippen molar-refractivity contribution in [3.63, 3.8) is 0 Å². The number of hydrogen-bond donors (Lipinski definition) is 2. The minimum absolute atomic E-state index is 0.0336. The van der Waals surface area contributed by atoms with Crippen LogP contribution in [0.25, 0.3) is 11.1 Å².